The van der Waals surface area contributed by atoms with Gasteiger partial charge in [-0.15, -0.1) is 0 Å². The minimum atomic E-state index is -4.48. The molecule has 1 aromatic heterocycles. The van der Waals surface area contributed by atoms with Gasteiger partial charge in [-0.05, 0) is 63.7 Å². The van der Waals surface area contributed by atoms with Crippen LogP contribution in [0.25, 0.3) is 0 Å². The molecule has 1 amide bonds. The highest BCUT2D eigenvalue weighted by Gasteiger charge is 2.41. The number of rotatable bonds is 6. The van der Waals surface area contributed by atoms with E-state index in [1.807, 2.05) is 0 Å². The van der Waals surface area contributed by atoms with E-state index in [9.17, 15) is 22.8 Å². The van der Waals surface area contributed by atoms with E-state index in [0.717, 1.165) is 51.4 Å². The summed E-state index contributed by atoms with van der Waals surface area (Å²) in [4.78, 5) is 26.7. The van der Waals surface area contributed by atoms with E-state index >= 15 is 0 Å². The maximum absolute atomic E-state index is 13.7. The Labute approximate surface area is 199 Å². The second-order valence-corrected chi connectivity index (χ2v) is 10.2. The summed E-state index contributed by atoms with van der Waals surface area (Å²) in [6, 6.07) is 0. The van der Waals surface area contributed by atoms with Crippen molar-refractivity contribution in [1.29, 1.82) is 0 Å². The normalized spacial score (nSPS) is 24.1. The van der Waals surface area contributed by atoms with Crippen molar-refractivity contribution in [3.8, 4) is 0 Å². The smallest absolute Gasteiger partial charge is 0.435 e. The van der Waals surface area contributed by atoms with Gasteiger partial charge in [0.15, 0.2) is 5.69 Å². The molecule has 9 heteroatoms. The topological polar surface area (TPSA) is 64.4 Å². The number of carbonyl (C=O) groups is 2. The van der Waals surface area contributed by atoms with Crippen LogP contribution in [0.5, 0.6) is 0 Å². The molecule has 0 aromatic carbocycles. The molecular weight excluding hydrogens is 447 g/mol. The zero-order valence-electron chi connectivity index (χ0n) is 20.0. The molecule has 34 heavy (non-hydrogen) atoms. The summed E-state index contributed by atoms with van der Waals surface area (Å²) in [5.74, 6) is 0.308. The molecule has 0 saturated heterocycles. The molecule has 0 N–H and O–H groups in total. The van der Waals surface area contributed by atoms with Crippen LogP contribution in [0.2, 0.25) is 0 Å². The maximum atomic E-state index is 13.7. The summed E-state index contributed by atoms with van der Waals surface area (Å²) in [6.07, 6.45) is 4.60. The van der Waals surface area contributed by atoms with Crippen molar-refractivity contribution in [1.82, 2.24) is 14.7 Å². The van der Waals surface area contributed by atoms with Gasteiger partial charge in [0, 0.05) is 25.1 Å². The number of alkyl halides is 3. The summed E-state index contributed by atoms with van der Waals surface area (Å²) in [5.41, 5.74) is 0.0496. The highest BCUT2D eigenvalue weighted by Crippen LogP contribution is 2.37. The van der Waals surface area contributed by atoms with Gasteiger partial charge in [0.2, 0.25) is 5.91 Å². The quantitative estimate of drug-likeness (QED) is 0.527. The molecule has 0 bridgehead atoms. The molecular formula is C25H36F3N3O3. The Hall–Kier alpha value is -2.06. The van der Waals surface area contributed by atoms with Crippen LogP contribution >= 0.6 is 0 Å². The monoisotopic (exact) mass is 483 g/mol. The van der Waals surface area contributed by atoms with Crippen molar-refractivity contribution in [2.24, 2.45) is 17.8 Å². The van der Waals surface area contributed by atoms with Crippen LogP contribution in [0.3, 0.4) is 0 Å². The largest absolute Gasteiger partial charge is 0.466 e. The molecule has 2 saturated carbocycles. The van der Waals surface area contributed by atoms with Gasteiger partial charge in [0.1, 0.15) is 0 Å². The highest BCUT2D eigenvalue weighted by atomic mass is 19.4. The van der Waals surface area contributed by atoms with E-state index in [0.29, 0.717) is 37.7 Å². The van der Waals surface area contributed by atoms with E-state index in [4.69, 9.17) is 4.74 Å². The number of nitrogens with zero attached hydrogens (tertiary/aromatic N) is 3. The molecule has 2 heterocycles. The molecule has 0 radical (unpaired) electrons. The van der Waals surface area contributed by atoms with Crippen molar-refractivity contribution in [3.05, 3.63) is 17.0 Å². The van der Waals surface area contributed by atoms with E-state index in [-0.39, 0.29) is 42.2 Å². The summed E-state index contributed by atoms with van der Waals surface area (Å²) in [7, 11) is 0. The fraction of sp³-hybridized carbons (Fsp3) is 0.800. The first-order valence-electron chi connectivity index (χ1n) is 12.9. The molecule has 1 aliphatic heterocycles. The number of aromatic nitrogens is 2. The van der Waals surface area contributed by atoms with E-state index in [1.165, 1.54) is 6.42 Å². The van der Waals surface area contributed by atoms with Gasteiger partial charge in [0.25, 0.3) is 0 Å². The molecule has 4 rings (SSSR count). The summed E-state index contributed by atoms with van der Waals surface area (Å²) in [6.45, 7) is 3.16. The van der Waals surface area contributed by atoms with Crippen molar-refractivity contribution >= 4 is 11.9 Å². The Kier molecular flexibility index (Phi) is 7.87. The van der Waals surface area contributed by atoms with Gasteiger partial charge in [-0.2, -0.15) is 18.3 Å². The van der Waals surface area contributed by atoms with Gasteiger partial charge < -0.3 is 9.64 Å². The Morgan fingerprint density at radius 1 is 1.03 bits per heavy atom. The first-order chi connectivity index (χ1) is 16.3. The summed E-state index contributed by atoms with van der Waals surface area (Å²) in [5, 5.41) is 4.02. The first kappa shape index (κ1) is 25.0. The number of halogens is 3. The first-order valence-corrected chi connectivity index (χ1v) is 12.9. The molecule has 0 unspecified atom stereocenters. The molecule has 6 nitrogen and oxygen atoms in total. The van der Waals surface area contributed by atoms with E-state index in [2.05, 4.69) is 5.10 Å². The van der Waals surface area contributed by atoms with Crippen LogP contribution in [0.1, 0.15) is 88.1 Å². The third kappa shape index (κ3) is 5.77. The van der Waals surface area contributed by atoms with E-state index in [1.54, 1.807) is 16.5 Å². The molecule has 190 valence electrons. The number of amides is 1. The Morgan fingerprint density at radius 2 is 1.74 bits per heavy atom. The fourth-order valence-corrected chi connectivity index (χ4v) is 5.92. The zero-order valence-corrected chi connectivity index (χ0v) is 20.0. The van der Waals surface area contributed by atoms with Crippen LogP contribution in [-0.2, 0) is 40.0 Å². The molecule has 3 aliphatic rings. The molecule has 0 spiro atoms. The lowest BCUT2D eigenvalue weighted by Gasteiger charge is -2.32. The fourth-order valence-electron chi connectivity index (χ4n) is 5.92. The number of ether oxygens (including phenoxy) is 1. The average Bonchev–Trinajstić information content (AvgIpc) is 3.18. The second-order valence-electron chi connectivity index (χ2n) is 10.2. The number of esters is 1. The van der Waals surface area contributed by atoms with Gasteiger partial charge >= 0.3 is 12.1 Å². The van der Waals surface area contributed by atoms with Crippen molar-refractivity contribution < 1.29 is 27.5 Å². The lowest BCUT2D eigenvalue weighted by Crippen LogP contribution is -2.38. The SMILES string of the molecule is CCOC(=O)C1CCC(CC(=O)N2CCc3c(C(F)(F)F)nn(CC4CCCCC4)c3C2)CC1. The molecule has 0 atom stereocenters. The lowest BCUT2D eigenvalue weighted by atomic mass is 9.80. The second kappa shape index (κ2) is 10.7. The predicted molar refractivity (Wildman–Crippen MR) is 120 cm³/mol. The Balaban J connectivity index is 1.40. The molecule has 2 aliphatic carbocycles. The Morgan fingerprint density at radius 3 is 2.38 bits per heavy atom. The van der Waals surface area contributed by atoms with Crippen LogP contribution < -0.4 is 0 Å². The maximum Gasteiger partial charge on any atom is 0.435 e. The van der Waals surface area contributed by atoms with Crippen LogP contribution in [0.15, 0.2) is 0 Å². The number of hydrogen-bond donors (Lipinski definition) is 0. The molecule has 1 aromatic rings. The van der Waals surface area contributed by atoms with Crippen LogP contribution in [0.4, 0.5) is 13.2 Å². The third-order valence-electron chi connectivity index (χ3n) is 7.85. The number of fused-ring (bicyclic) bond motifs is 1. The minimum Gasteiger partial charge on any atom is -0.466 e. The highest BCUT2D eigenvalue weighted by molar-refractivity contribution is 5.77. The van der Waals surface area contributed by atoms with Gasteiger partial charge in [-0.1, -0.05) is 19.3 Å². The van der Waals surface area contributed by atoms with E-state index < -0.39 is 11.9 Å². The van der Waals surface area contributed by atoms with Crippen LogP contribution in [0, 0.1) is 17.8 Å². The average molecular weight is 484 g/mol. The standard InChI is InChI=1S/C25H36F3N3O3/c1-2-34-24(33)19-10-8-17(9-11-19)14-22(32)30-13-12-20-21(16-30)31(29-23(20)25(26,27)28)15-18-6-4-3-5-7-18/h17-19H,2-16H2,1H3. The third-order valence-corrected chi connectivity index (χ3v) is 7.85. The van der Waals surface area contributed by atoms with Gasteiger partial charge in [0.05, 0.1) is 24.8 Å². The zero-order chi connectivity index (χ0) is 24.3. The van der Waals surface area contributed by atoms with Crippen LogP contribution in [-0.4, -0.2) is 39.7 Å². The van der Waals surface area contributed by atoms with Crippen molar-refractivity contribution in [2.45, 2.75) is 96.8 Å². The summed E-state index contributed by atoms with van der Waals surface area (Å²) < 4.78 is 47.7. The van der Waals surface area contributed by atoms with Gasteiger partial charge in [-0.3, -0.25) is 14.3 Å². The van der Waals surface area contributed by atoms with Crippen molar-refractivity contribution in [2.75, 3.05) is 13.2 Å². The van der Waals surface area contributed by atoms with Crippen molar-refractivity contribution in [3.63, 3.8) is 0 Å². The van der Waals surface area contributed by atoms with Gasteiger partial charge in [-0.25, -0.2) is 0 Å². The summed E-state index contributed by atoms with van der Waals surface area (Å²) >= 11 is 0. The minimum absolute atomic E-state index is 0.00999. The lowest BCUT2D eigenvalue weighted by molar-refractivity contribution is -0.149. The number of hydrogen-bond acceptors (Lipinski definition) is 4. The number of carbonyl (C=O) groups excluding carboxylic acids is 2. The predicted octanol–water partition coefficient (Wildman–Crippen LogP) is 5.13. The Bertz CT molecular complexity index is 869. The molecule has 2 fully saturated rings.